The number of carbonyl (C=O) groups excluding carboxylic acids is 2. The van der Waals surface area contributed by atoms with Crippen LogP contribution in [0.4, 0.5) is 5.69 Å². The van der Waals surface area contributed by atoms with Crippen molar-refractivity contribution in [1.29, 1.82) is 0 Å². The first-order valence-electron chi connectivity index (χ1n) is 8.20. The number of hydrogen-bond acceptors (Lipinski definition) is 4. The van der Waals surface area contributed by atoms with Crippen LogP contribution < -0.4 is 15.4 Å². The van der Waals surface area contributed by atoms with Crippen LogP contribution in [0.15, 0.2) is 42.6 Å². The van der Waals surface area contributed by atoms with Crippen molar-refractivity contribution in [3.05, 3.63) is 53.9 Å². The number of aromatic nitrogens is 1. The van der Waals surface area contributed by atoms with Crippen molar-refractivity contribution in [3.8, 4) is 5.75 Å². The van der Waals surface area contributed by atoms with Gasteiger partial charge in [0.25, 0.3) is 11.8 Å². The standard InChI is InChI=1S/C19H23N3O3/c1-13(2)8-10-21-19(24)16-12-14(9-11-20-16)18(23)22-15-6-4-5-7-17(15)25-3/h4-7,9,11-13H,8,10H2,1-3H3,(H,21,24)(H,22,23). The first kappa shape index (κ1) is 18.4. The van der Waals surface area contributed by atoms with Gasteiger partial charge in [0.2, 0.25) is 0 Å². The third kappa shape index (κ3) is 5.31. The molecule has 2 rings (SSSR count). The van der Waals surface area contributed by atoms with Crippen molar-refractivity contribution in [2.24, 2.45) is 5.92 Å². The molecule has 0 radical (unpaired) electrons. The minimum Gasteiger partial charge on any atom is -0.495 e. The Kier molecular flexibility index (Phi) is 6.51. The number of nitrogens with zero attached hydrogens (tertiary/aromatic N) is 1. The Labute approximate surface area is 147 Å². The van der Waals surface area contributed by atoms with Crippen LogP contribution in [0.1, 0.15) is 41.1 Å². The number of rotatable bonds is 7. The molecule has 0 fully saturated rings. The van der Waals surface area contributed by atoms with Gasteiger partial charge in [0.15, 0.2) is 0 Å². The Morgan fingerprint density at radius 3 is 2.64 bits per heavy atom. The second-order valence-electron chi connectivity index (χ2n) is 6.02. The Morgan fingerprint density at radius 2 is 1.92 bits per heavy atom. The van der Waals surface area contributed by atoms with E-state index in [1.165, 1.54) is 19.4 Å². The van der Waals surface area contributed by atoms with E-state index in [0.29, 0.717) is 29.5 Å². The number of anilines is 1. The zero-order valence-electron chi connectivity index (χ0n) is 14.7. The summed E-state index contributed by atoms with van der Waals surface area (Å²) in [5.74, 6) is 0.457. The highest BCUT2D eigenvalue weighted by Gasteiger charge is 2.13. The average Bonchev–Trinajstić information content (AvgIpc) is 2.61. The Hall–Kier alpha value is -2.89. The second kappa shape index (κ2) is 8.82. The lowest BCUT2D eigenvalue weighted by Gasteiger charge is -2.10. The van der Waals surface area contributed by atoms with Crippen molar-refractivity contribution >= 4 is 17.5 Å². The summed E-state index contributed by atoms with van der Waals surface area (Å²) < 4.78 is 5.22. The number of amides is 2. The lowest BCUT2D eigenvalue weighted by Crippen LogP contribution is -2.26. The number of para-hydroxylation sites is 2. The number of nitrogens with one attached hydrogen (secondary N) is 2. The number of benzene rings is 1. The summed E-state index contributed by atoms with van der Waals surface area (Å²) in [4.78, 5) is 28.6. The molecule has 0 saturated carbocycles. The van der Waals surface area contributed by atoms with Gasteiger partial charge in [-0.05, 0) is 36.6 Å². The first-order chi connectivity index (χ1) is 12.0. The van der Waals surface area contributed by atoms with Gasteiger partial charge >= 0.3 is 0 Å². The fourth-order valence-corrected chi connectivity index (χ4v) is 2.20. The molecule has 25 heavy (non-hydrogen) atoms. The summed E-state index contributed by atoms with van der Waals surface area (Å²) in [6.45, 7) is 4.76. The zero-order chi connectivity index (χ0) is 18.2. The topological polar surface area (TPSA) is 80.3 Å². The van der Waals surface area contributed by atoms with E-state index >= 15 is 0 Å². The molecule has 0 aliphatic heterocycles. The van der Waals surface area contributed by atoms with Crippen molar-refractivity contribution < 1.29 is 14.3 Å². The number of hydrogen-bond donors (Lipinski definition) is 2. The van der Waals surface area contributed by atoms with Gasteiger partial charge < -0.3 is 15.4 Å². The molecule has 6 nitrogen and oxygen atoms in total. The van der Waals surface area contributed by atoms with Crippen LogP contribution in [0.3, 0.4) is 0 Å². The first-order valence-corrected chi connectivity index (χ1v) is 8.20. The normalized spacial score (nSPS) is 10.4. The van der Waals surface area contributed by atoms with Crippen LogP contribution >= 0.6 is 0 Å². The average molecular weight is 341 g/mol. The molecule has 0 atom stereocenters. The molecule has 2 amide bonds. The predicted octanol–water partition coefficient (Wildman–Crippen LogP) is 3.12. The Morgan fingerprint density at radius 1 is 1.16 bits per heavy atom. The molecule has 0 bridgehead atoms. The lowest BCUT2D eigenvalue weighted by molar-refractivity contribution is 0.0947. The smallest absolute Gasteiger partial charge is 0.269 e. The van der Waals surface area contributed by atoms with Crippen LogP contribution in [0.25, 0.3) is 0 Å². The highest BCUT2D eigenvalue weighted by molar-refractivity contribution is 6.06. The quantitative estimate of drug-likeness (QED) is 0.811. The van der Waals surface area contributed by atoms with E-state index in [4.69, 9.17) is 4.74 Å². The summed E-state index contributed by atoms with van der Waals surface area (Å²) in [6.07, 6.45) is 2.34. The Balaban J connectivity index is 2.07. The van der Waals surface area contributed by atoms with Gasteiger partial charge in [0, 0.05) is 18.3 Å². The molecule has 1 aromatic heterocycles. The molecule has 1 heterocycles. The van der Waals surface area contributed by atoms with Crippen LogP contribution in [0, 0.1) is 5.92 Å². The molecule has 132 valence electrons. The van der Waals surface area contributed by atoms with Gasteiger partial charge in [0.1, 0.15) is 11.4 Å². The van der Waals surface area contributed by atoms with Crippen LogP contribution in [0.5, 0.6) is 5.75 Å². The fourth-order valence-electron chi connectivity index (χ4n) is 2.20. The van der Waals surface area contributed by atoms with Crippen molar-refractivity contribution in [2.75, 3.05) is 19.0 Å². The molecule has 0 aliphatic carbocycles. The molecule has 0 unspecified atom stereocenters. The van der Waals surface area contributed by atoms with Crippen molar-refractivity contribution in [2.45, 2.75) is 20.3 Å². The predicted molar refractivity (Wildman–Crippen MR) is 97.0 cm³/mol. The van der Waals surface area contributed by atoms with Crippen molar-refractivity contribution in [1.82, 2.24) is 10.3 Å². The molecule has 1 aromatic carbocycles. The largest absolute Gasteiger partial charge is 0.495 e. The van der Waals surface area contributed by atoms with Gasteiger partial charge in [-0.25, -0.2) is 0 Å². The molecule has 0 spiro atoms. The van der Waals surface area contributed by atoms with Crippen LogP contribution in [-0.2, 0) is 0 Å². The molecular weight excluding hydrogens is 318 g/mol. The minimum atomic E-state index is -0.330. The fraction of sp³-hybridized carbons (Fsp3) is 0.316. The van der Waals surface area contributed by atoms with Crippen molar-refractivity contribution in [3.63, 3.8) is 0 Å². The summed E-state index contributed by atoms with van der Waals surface area (Å²) in [7, 11) is 1.54. The molecule has 0 saturated heterocycles. The number of ether oxygens (including phenoxy) is 1. The van der Waals surface area contributed by atoms with Gasteiger partial charge in [-0.3, -0.25) is 14.6 Å². The van der Waals surface area contributed by atoms with E-state index in [-0.39, 0.29) is 17.5 Å². The van der Waals surface area contributed by atoms with E-state index in [2.05, 4.69) is 29.5 Å². The summed E-state index contributed by atoms with van der Waals surface area (Å²) >= 11 is 0. The van der Waals surface area contributed by atoms with E-state index in [1.54, 1.807) is 24.3 Å². The third-order valence-corrected chi connectivity index (χ3v) is 3.62. The van der Waals surface area contributed by atoms with E-state index in [1.807, 2.05) is 6.07 Å². The zero-order valence-corrected chi connectivity index (χ0v) is 14.7. The van der Waals surface area contributed by atoms with Gasteiger partial charge in [-0.15, -0.1) is 0 Å². The number of carbonyl (C=O) groups is 2. The number of methoxy groups -OCH3 is 1. The lowest BCUT2D eigenvalue weighted by atomic mass is 10.1. The monoisotopic (exact) mass is 341 g/mol. The summed E-state index contributed by atoms with van der Waals surface area (Å²) in [5, 5.41) is 5.59. The molecule has 2 aromatic rings. The number of pyridine rings is 1. The highest BCUT2D eigenvalue weighted by Crippen LogP contribution is 2.23. The molecule has 6 heteroatoms. The maximum absolute atomic E-state index is 12.4. The second-order valence-corrected chi connectivity index (χ2v) is 6.02. The van der Waals surface area contributed by atoms with Gasteiger partial charge in [-0.2, -0.15) is 0 Å². The highest BCUT2D eigenvalue weighted by atomic mass is 16.5. The van der Waals surface area contributed by atoms with Gasteiger partial charge in [-0.1, -0.05) is 26.0 Å². The van der Waals surface area contributed by atoms with E-state index < -0.39 is 0 Å². The van der Waals surface area contributed by atoms with E-state index in [9.17, 15) is 9.59 Å². The van der Waals surface area contributed by atoms with E-state index in [0.717, 1.165) is 6.42 Å². The molecule has 0 aliphatic rings. The van der Waals surface area contributed by atoms with Crippen LogP contribution in [0.2, 0.25) is 0 Å². The van der Waals surface area contributed by atoms with Crippen LogP contribution in [-0.4, -0.2) is 30.5 Å². The summed E-state index contributed by atoms with van der Waals surface area (Å²) in [6, 6.07) is 10.2. The van der Waals surface area contributed by atoms with Gasteiger partial charge in [0.05, 0.1) is 12.8 Å². The minimum absolute atomic E-state index is 0.219. The third-order valence-electron chi connectivity index (χ3n) is 3.62. The maximum atomic E-state index is 12.4. The molecular formula is C19H23N3O3. The SMILES string of the molecule is COc1ccccc1NC(=O)c1ccnc(C(=O)NCCC(C)C)c1. The molecule has 2 N–H and O–H groups in total. The summed E-state index contributed by atoms with van der Waals surface area (Å²) in [5.41, 5.74) is 1.14. The Bertz CT molecular complexity index is 744. The maximum Gasteiger partial charge on any atom is 0.269 e.